The van der Waals surface area contributed by atoms with Gasteiger partial charge in [-0.05, 0) is 48.5 Å². The topological polar surface area (TPSA) is 104 Å². The molecule has 0 aromatic heterocycles. The monoisotopic (exact) mass is 423 g/mol. The van der Waals surface area contributed by atoms with E-state index in [4.69, 9.17) is 0 Å². The van der Waals surface area contributed by atoms with Crippen molar-refractivity contribution in [3.8, 4) is 0 Å². The number of nitrogens with one attached hydrogen (secondary N) is 3. The van der Waals surface area contributed by atoms with Crippen LogP contribution in [-0.4, -0.2) is 33.0 Å². The summed E-state index contributed by atoms with van der Waals surface area (Å²) in [6, 6.07) is 21.9. The Kier molecular flexibility index (Phi) is 6.48. The molecule has 0 aliphatic heterocycles. The molecule has 0 aliphatic rings. The Hall–Kier alpha value is -3.65. The number of amides is 2. The second kappa shape index (κ2) is 9.23. The van der Waals surface area contributed by atoms with Crippen molar-refractivity contribution in [1.82, 2.24) is 0 Å². The highest BCUT2D eigenvalue weighted by molar-refractivity contribution is 7.90. The summed E-state index contributed by atoms with van der Waals surface area (Å²) < 4.78 is 23.0. The van der Waals surface area contributed by atoms with Gasteiger partial charge in [0.1, 0.15) is 0 Å². The first-order valence-corrected chi connectivity index (χ1v) is 11.0. The maximum atomic E-state index is 12.6. The standard InChI is InChI=1S/C22H21N3O4S/c1-30(28,29)18-13-11-17(12-14-18)24-21(26)15-23-20-10-6-5-9-19(20)22(27)25-16-7-3-2-4-8-16/h2-14,23H,15H2,1H3,(H,24,26)(H,25,27). The Labute approximate surface area is 175 Å². The minimum atomic E-state index is -3.29. The predicted octanol–water partition coefficient (Wildman–Crippen LogP) is 3.39. The average Bonchev–Trinajstić information content (AvgIpc) is 2.73. The van der Waals surface area contributed by atoms with Crippen LogP contribution in [-0.2, 0) is 14.6 Å². The van der Waals surface area contributed by atoms with Crippen LogP contribution in [0.3, 0.4) is 0 Å². The predicted molar refractivity (Wildman–Crippen MR) is 118 cm³/mol. The molecule has 3 rings (SSSR count). The van der Waals surface area contributed by atoms with E-state index < -0.39 is 9.84 Å². The van der Waals surface area contributed by atoms with E-state index in [1.807, 2.05) is 18.2 Å². The lowest BCUT2D eigenvalue weighted by atomic mass is 10.1. The van der Waals surface area contributed by atoms with Crippen LogP contribution >= 0.6 is 0 Å². The molecular formula is C22H21N3O4S. The highest BCUT2D eigenvalue weighted by Crippen LogP contribution is 2.18. The van der Waals surface area contributed by atoms with E-state index in [0.29, 0.717) is 22.6 Å². The second-order valence-electron chi connectivity index (χ2n) is 6.56. The molecule has 0 aliphatic carbocycles. The Bertz CT molecular complexity index is 1140. The first kappa shape index (κ1) is 21.1. The SMILES string of the molecule is CS(=O)(=O)c1ccc(NC(=O)CNc2ccccc2C(=O)Nc2ccccc2)cc1. The Balaban J connectivity index is 1.62. The number of hydrogen-bond acceptors (Lipinski definition) is 5. The molecule has 7 nitrogen and oxygen atoms in total. The Morgan fingerprint density at radius 1 is 0.767 bits per heavy atom. The normalized spacial score (nSPS) is 10.8. The van der Waals surface area contributed by atoms with Gasteiger partial charge in [-0.15, -0.1) is 0 Å². The fourth-order valence-corrected chi connectivity index (χ4v) is 3.35. The van der Waals surface area contributed by atoms with Crippen molar-refractivity contribution in [2.75, 3.05) is 28.8 Å². The molecule has 8 heteroatoms. The molecule has 2 amide bonds. The van der Waals surface area contributed by atoms with E-state index >= 15 is 0 Å². The fourth-order valence-electron chi connectivity index (χ4n) is 2.72. The van der Waals surface area contributed by atoms with Gasteiger partial charge in [0.25, 0.3) is 5.91 Å². The van der Waals surface area contributed by atoms with Crippen LogP contribution in [0.2, 0.25) is 0 Å². The van der Waals surface area contributed by atoms with Crippen LogP contribution in [0.4, 0.5) is 17.1 Å². The maximum absolute atomic E-state index is 12.6. The van der Waals surface area contributed by atoms with Gasteiger partial charge in [-0.1, -0.05) is 30.3 Å². The second-order valence-corrected chi connectivity index (χ2v) is 8.58. The van der Waals surface area contributed by atoms with Crippen LogP contribution in [0.1, 0.15) is 10.4 Å². The molecule has 0 saturated carbocycles. The van der Waals surface area contributed by atoms with E-state index in [1.165, 1.54) is 24.3 Å². The third kappa shape index (κ3) is 5.68. The third-order valence-corrected chi connectivity index (χ3v) is 5.34. The summed E-state index contributed by atoms with van der Waals surface area (Å²) in [7, 11) is -3.29. The number of carbonyl (C=O) groups excluding carboxylic acids is 2. The zero-order chi connectivity index (χ0) is 21.6. The van der Waals surface area contributed by atoms with E-state index in [0.717, 1.165) is 6.26 Å². The summed E-state index contributed by atoms with van der Waals surface area (Å²) in [6.45, 7) is -0.0660. The molecule has 0 atom stereocenters. The van der Waals surface area contributed by atoms with Gasteiger partial charge in [-0.25, -0.2) is 8.42 Å². The molecule has 0 heterocycles. The summed E-state index contributed by atoms with van der Waals surface area (Å²) >= 11 is 0. The molecule has 0 radical (unpaired) electrons. The highest BCUT2D eigenvalue weighted by atomic mass is 32.2. The zero-order valence-corrected chi connectivity index (χ0v) is 17.1. The highest BCUT2D eigenvalue weighted by Gasteiger charge is 2.12. The molecule has 0 bridgehead atoms. The number of benzene rings is 3. The number of sulfone groups is 1. The molecule has 154 valence electrons. The molecule has 0 spiro atoms. The lowest BCUT2D eigenvalue weighted by Crippen LogP contribution is -2.23. The van der Waals surface area contributed by atoms with Gasteiger partial charge in [-0.3, -0.25) is 9.59 Å². The smallest absolute Gasteiger partial charge is 0.257 e. The van der Waals surface area contributed by atoms with E-state index in [2.05, 4.69) is 16.0 Å². The van der Waals surface area contributed by atoms with Crippen LogP contribution in [0.5, 0.6) is 0 Å². The van der Waals surface area contributed by atoms with Crippen molar-refractivity contribution < 1.29 is 18.0 Å². The summed E-state index contributed by atoms with van der Waals surface area (Å²) in [4.78, 5) is 25.0. The summed E-state index contributed by atoms with van der Waals surface area (Å²) in [5.41, 5.74) is 2.08. The summed E-state index contributed by atoms with van der Waals surface area (Å²) in [6.07, 6.45) is 1.12. The van der Waals surface area contributed by atoms with E-state index in [-0.39, 0.29) is 23.3 Å². The van der Waals surface area contributed by atoms with Crippen molar-refractivity contribution >= 4 is 38.7 Å². The van der Waals surface area contributed by atoms with Crippen LogP contribution in [0.25, 0.3) is 0 Å². The minimum absolute atomic E-state index is 0.0660. The molecule has 3 N–H and O–H groups in total. The van der Waals surface area contributed by atoms with Gasteiger partial charge in [-0.2, -0.15) is 0 Å². The van der Waals surface area contributed by atoms with Crippen molar-refractivity contribution in [2.24, 2.45) is 0 Å². The van der Waals surface area contributed by atoms with Gasteiger partial charge in [0.2, 0.25) is 5.91 Å². The van der Waals surface area contributed by atoms with E-state index in [1.54, 1.807) is 36.4 Å². The molecule has 0 saturated heterocycles. The quantitative estimate of drug-likeness (QED) is 0.540. The molecule has 3 aromatic rings. The van der Waals surface area contributed by atoms with Crippen molar-refractivity contribution in [3.05, 3.63) is 84.4 Å². The number of anilines is 3. The Morgan fingerprint density at radius 2 is 1.37 bits per heavy atom. The largest absolute Gasteiger partial charge is 0.376 e. The van der Waals surface area contributed by atoms with Gasteiger partial charge in [0.15, 0.2) is 9.84 Å². The number of para-hydroxylation sites is 2. The first-order valence-electron chi connectivity index (χ1n) is 9.12. The lowest BCUT2D eigenvalue weighted by molar-refractivity contribution is -0.114. The third-order valence-electron chi connectivity index (χ3n) is 4.21. The number of hydrogen-bond donors (Lipinski definition) is 3. The fraction of sp³-hybridized carbons (Fsp3) is 0.0909. The van der Waals surface area contributed by atoms with Gasteiger partial charge < -0.3 is 16.0 Å². The van der Waals surface area contributed by atoms with Crippen LogP contribution in [0, 0.1) is 0 Å². The van der Waals surface area contributed by atoms with Gasteiger partial charge >= 0.3 is 0 Å². The maximum Gasteiger partial charge on any atom is 0.257 e. The molecule has 3 aromatic carbocycles. The number of rotatable bonds is 7. The zero-order valence-electron chi connectivity index (χ0n) is 16.3. The molecular weight excluding hydrogens is 402 g/mol. The first-order chi connectivity index (χ1) is 14.3. The van der Waals surface area contributed by atoms with Crippen LogP contribution in [0.15, 0.2) is 83.8 Å². The van der Waals surface area contributed by atoms with Gasteiger partial charge in [0.05, 0.1) is 17.0 Å². The Morgan fingerprint density at radius 3 is 2.03 bits per heavy atom. The van der Waals surface area contributed by atoms with Crippen LogP contribution < -0.4 is 16.0 Å². The number of carbonyl (C=O) groups is 2. The summed E-state index contributed by atoms with van der Waals surface area (Å²) in [5.74, 6) is -0.624. The van der Waals surface area contributed by atoms with E-state index in [9.17, 15) is 18.0 Å². The lowest BCUT2D eigenvalue weighted by Gasteiger charge is -2.12. The molecule has 30 heavy (non-hydrogen) atoms. The van der Waals surface area contributed by atoms with Crippen molar-refractivity contribution in [3.63, 3.8) is 0 Å². The molecule has 0 fully saturated rings. The van der Waals surface area contributed by atoms with Crippen molar-refractivity contribution in [2.45, 2.75) is 4.90 Å². The molecule has 0 unspecified atom stereocenters. The van der Waals surface area contributed by atoms with Gasteiger partial charge in [0, 0.05) is 23.3 Å². The minimum Gasteiger partial charge on any atom is -0.376 e. The van der Waals surface area contributed by atoms with Crippen molar-refractivity contribution in [1.29, 1.82) is 0 Å². The summed E-state index contributed by atoms with van der Waals surface area (Å²) in [5, 5.41) is 8.46. The average molecular weight is 423 g/mol.